The molecule has 3 rings (SSSR count). The van der Waals surface area contributed by atoms with E-state index in [1.54, 1.807) is 24.3 Å². The molecule has 0 aliphatic carbocycles. The van der Waals surface area contributed by atoms with Crippen LogP contribution in [-0.2, 0) is 19.2 Å². The van der Waals surface area contributed by atoms with Crippen molar-refractivity contribution in [1.82, 2.24) is 15.1 Å². The van der Waals surface area contributed by atoms with Crippen molar-refractivity contribution in [2.45, 2.75) is 18.2 Å². The maximum atomic E-state index is 12.3. The zero-order valence-corrected chi connectivity index (χ0v) is 15.1. The SMILES string of the molecule is O=C(COc1ccccc1)N[C@@H]1C(=O)N2C1CN(C(=O)CBr)C2C(=O)O. The molecule has 1 aromatic carbocycles. The number of aliphatic carboxylic acids is 1. The van der Waals surface area contributed by atoms with Crippen LogP contribution in [0.3, 0.4) is 0 Å². The zero-order valence-electron chi connectivity index (χ0n) is 13.5. The van der Waals surface area contributed by atoms with Crippen molar-refractivity contribution in [3.63, 3.8) is 0 Å². The number of carboxylic acid groups (broad SMARTS) is 1. The summed E-state index contributed by atoms with van der Waals surface area (Å²) in [5.74, 6) is -2.22. The van der Waals surface area contributed by atoms with E-state index in [4.69, 9.17) is 4.74 Å². The topological polar surface area (TPSA) is 116 Å². The van der Waals surface area contributed by atoms with Gasteiger partial charge in [-0.05, 0) is 12.1 Å². The molecule has 2 aliphatic heterocycles. The molecule has 26 heavy (non-hydrogen) atoms. The van der Waals surface area contributed by atoms with Crippen LogP contribution in [0.5, 0.6) is 5.75 Å². The normalized spacial score (nSPS) is 23.9. The fourth-order valence-electron chi connectivity index (χ4n) is 3.12. The third kappa shape index (κ3) is 3.24. The average molecular weight is 426 g/mol. The number of alkyl halides is 1. The van der Waals surface area contributed by atoms with Crippen molar-refractivity contribution >= 4 is 39.6 Å². The lowest BCUT2D eigenvalue weighted by Gasteiger charge is -2.43. The van der Waals surface area contributed by atoms with Gasteiger partial charge in [0.1, 0.15) is 11.8 Å². The van der Waals surface area contributed by atoms with Crippen molar-refractivity contribution in [3.8, 4) is 5.75 Å². The number of β-lactam (4-membered cyclic amide) rings is 1. The van der Waals surface area contributed by atoms with Crippen LogP contribution in [-0.4, -0.2) is 75.3 Å². The van der Waals surface area contributed by atoms with Crippen LogP contribution in [0.2, 0.25) is 0 Å². The lowest BCUT2D eigenvalue weighted by molar-refractivity contribution is -0.165. The molecule has 9 nitrogen and oxygen atoms in total. The van der Waals surface area contributed by atoms with Crippen molar-refractivity contribution in [2.24, 2.45) is 0 Å². The minimum absolute atomic E-state index is 0.0481. The first-order chi connectivity index (χ1) is 12.4. The summed E-state index contributed by atoms with van der Waals surface area (Å²) in [6.07, 6.45) is -1.34. The van der Waals surface area contributed by atoms with Gasteiger partial charge in [-0.3, -0.25) is 14.4 Å². The summed E-state index contributed by atoms with van der Waals surface area (Å²) in [7, 11) is 0. The summed E-state index contributed by atoms with van der Waals surface area (Å²) in [4.78, 5) is 49.9. The highest BCUT2D eigenvalue weighted by atomic mass is 79.9. The van der Waals surface area contributed by atoms with Gasteiger partial charge in [-0.25, -0.2) is 4.79 Å². The lowest BCUT2D eigenvalue weighted by Crippen LogP contribution is -2.71. The first-order valence-corrected chi connectivity index (χ1v) is 8.94. The smallest absolute Gasteiger partial charge is 0.347 e. The minimum atomic E-state index is -1.34. The number of hydrogen-bond acceptors (Lipinski definition) is 5. The van der Waals surface area contributed by atoms with Crippen molar-refractivity contribution in [2.75, 3.05) is 18.5 Å². The second-order valence-electron chi connectivity index (χ2n) is 5.85. The summed E-state index contributed by atoms with van der Waals surface area (Å²) in [5.41, 5.74) is 0. The highest BCUT2D eigenvalue weighted by molar-refractivity contribution is 9.09. The number of benzene rings is 1. The Morgan fingerprint density at radius 1 is 1.27 bits per heavy atom. The summed E-state index contributed by atoms with van der Waals surface area (Å²) < 4.78 is 5.32. The second kappa shape index (κ2) is 7.32. The number of carbonyl (C=O) groups is 4. The Bertz CT molecular complexity index is 743. The van der Waals surface area contributed by atoms with E-state index in [2.05, 4.69) is 21.2 Å². The fraction of sp³-hybridized carbons (Fsp3) is 0.375. The number of carbonyl (C=O) groups excluding carboxylic acids is 3. The first-order valence-electron chi connectivity index (χ1n) is 7.81. The lowest BCUT2D eigenvalue weighted by atomic mass is 9.96. The Hall–Kier alpha value is -2.62. The van der Waals surface area contributed by atoms with Crippen LogP contribution in [0.15, 0.2) is 30.3 Å². The molecular weight excluding hydrogens is 410 g/mol. The summed E-state index contributed by atoms with van der Waals surface area (Å²) in [6, 6.07) is 7.31. The van der Waals surface area contributed by atoms with Crippen LogP contribution in [0.25, 0.3) is 0 Å². The van der Waals surface area contributed by atoms with Gasteiger partial charge in [-0.1, -0.05) is 34.1 Å². The van der Waals surface area contributed by atoms with E-state index in [1.807, 2.05) is 6.07 Å². The number of nitrogens with one attached hydrogen (secondary N) is 1. The van der Waals surface area contributed by atoms with E-state index < -0.39 is 41.9 Å². The Balaban J connectivity index is 1.61. The number of rotatable bonds is 6. The Morgan fingerprint density at radius 3 is 2.58 bits per heavy atom. The number of hydrogen-bond donors (Lipinski definition) is 2. The number of para-hydroxylation sites is 1. The molecule has 0 spiro atoms. The highest BCUT2D eigenvalue weighted by Gasteiger charge is 2.60. The molecule has 0 radical (unpaired) electrons. The molecule has 2 fully saturated rings. The Labute approximate surface area is 157 Å². The summed E-state index contributed by atoms with van der Waals surface area (Å²) in [5, 5.41) is 11.8. The molecule has 1 aromatic rings. The summed E-state index contributed by atoms with van der Waals surface area (Å²) in [6.45, 7) is -0.218. The van der Waals surface area contributed by atoms with Gasteiger partial charge in [0, 0.05) is 6.54 Å². The number of carboxylic acids is 1. The maximum Gasteiger partial charge on any atom is 0.347 e. The van der Waals surface area contributed by atoms with E-state index in [-0.39, 0.29) is 18.5 Å². The molecule has 3 amide bonds. The molecule has 2 unspecified atom stereocenters. The molecule has 0 aromatic heterocycles. The molecule has 0 saturated carbocycles. The van der Waals surface area contributed by atoms with E-state index in [0.29, 0.717) is 5.75 Å². The maximum absolute atomic E-state index is 12.3. The number of halogens is 1. The third-order valence-corrected chi connectivity index (χ3v) is 4.77. The number of amides is 3. The predicted octanol–water partition coefficient (Wildman–Crippen LogP) is -0.591. The largest absolute Gasteiger partial charge is 0.484 e. The molecule has 2 N–H and O–H groups in total. The minimum Gasteiger partial charge on any atom is -0.484 e. The van der Waals surface area contributed by atoms with Gasteiger partial charge in [-0.2, -0.15) is 0 Å². The Kier molecular flexibility index (Phi) is 5.12. The average Bonchev–Trinajstić information content (AvgIpc) is 3.01. The van der Waals surface area contributed by atoms with Crippen LogP contribution in [0, 0.1) is 0 Å². The van der Waals surface area contributed by atoms with E-state index in [9.17, 15) is 24.3 Å². The molecule has 10 heteroatoms. The predicted molar refractivity (Wildman–Crippen MR) is 91.4 cm³/mol. The van der Waals surface area contributed by atoms with Crippen LogP contribution in [0.1, 0.15) is 0 Å². The van der Waals surface area contributed by atoms with E-state index in [1.165, 1.54) is 0 Å². The Morgan fingerprint density at radius 2 is 1.96 bits per heavy atom. The van der Waals surface area contributed by atoms with E-state index in [0.717, 1.165) is 9.80 Å². The molecule has 2 aliphatic rings. The van der Waals surface area contributed by atoms with Crippen LogP contribution >= 0.6 is 15.9 Å². The molecular formula is C16H16BrN3O6. The summed E-state index contributed by atoms with van der Waals surface area (Å²) >= 11 is 3.00. The second-order valence-corrected chi connectivity index (χ2v) is 6.41. The van der Waals surface area contributed by atoms with Gasteiger partial charge in [-0.15, -0.1) is 0 Å². The van der Waals surface area contributed by atoms with E-state index >= 15 is 0 Å². The quantitative estimate of drug-likeness (QED) is 0.464. The van der Waals surface area contributed by atoms with Gasteiger partial charge in [0.15, 0.2) is 6.61 Å². The number of fused-ring (bicyclic) bond motifs is 1. The van der Waals surface area contributed by atoms with Gasteiger partial charge in [0.05, 0.1) is 11.4 Å². The molecule has 2 heterocycles. The molecule has 0 bridgehead atoms. The van der Waals surface area contributed by atoms with Crippen LogP contribution in [0.4, 0.5) is 0 Å². The monoisotopic (exact) mass is 425 g/mol. The van der Waals surface area contributed by atoms with Gasteiger partial charge < -0.3 is 25.0 Å². The molecule has 3 atom stereocenters. The van der Waals surface area contributed by atoms with Crippen molar-refractivity contribution in [3.05, 3.63) is 30.3 Å². The highest BCUT2D eigenvalue weighted by Crippen LogP contribution is 2.32. The first kappa shape index (κ1) is 18.2. The molecule has 2 saturated heterocycles. The zero-order chi connectivity index (χ0) is 18.8. The van der Waals surface area contributed by atoms with Crippen LogP contribution < -0.4 is 10.1 Å². The molecule has 138 valence electrons. The van der Waals surface area contributed by atoms with Crippen molar-refractivity contribution in [1.29, 1.82) is 0 Å². The fourth-order valence-corrected chi connectivity index (χ4v) is 3.44. The number of ether oxygens (including phenoxy) is 1. The number of nitrogens with zero attached hydrogens (tertiary/aromatic N) is 2. The van der Waals surface area contributed by atoms with Gasteiger partial charge in [0.2, 0.25) is 18.0 Å². The standard InChI is InChI=1S/C16H16BrN3O6/c17-6-12(22)19-7-10-13(15(23)20(10)14(19)16(24)25)18-11(21)8-26-9-4-2-1-3-5-9/h1-5,10,13-14H,6-8H2,(H,18,21)(H,24,25)/t10?,13-,14?/m0/s1. The third-order valence-electron chi connectivity index (χ3n) is 4.29. The van der Waals surface area contributed by atoms with Crippen molar-refractivity contribution < 1.29 is 29.0 Å². The van der Waals surface area contributed by atoms with Gasteiger partial charge >= 0.3 is 5.97 Å². The van der Waals surface area contributed by atoms with Gasteiger partial charge in [0.25, 0.3) is 5.91 Å².